The third-order valence-electron chi connectivity index (χ3n) is 11.9. The fraction of sp³-hybridized carbons (Fsp3) is 0.367. The summed E-state index contributed by atoms with van der Waals surface area (Å²) in [6.07, 6.45) is 9.67. The zero-order chi connectivity index (χ0) is 44.3. The minimum Gasteiger partial charge on any atom is -0.460 e. The highest BCUT2D eigenvalue weighted by Crippen LogP contribution is 2.63. The van der Waals surface area contributed by atoms with Gasteiger partial charge in [0.2, 0.25) is 11.7 Å². The van der Waals surface area contributed by atoms with E-state index in [1.54, 1.807) is 54.2 Å². The number of non-ortho nitro benzene ring substituents is 1. The van der Waals surface area contributed by atoms with Crippen molar-refractivity contribution in [1.82, 2.24) is 0 Å². The normalized spacial score (nSPS) is 22.7. The van der Waals surface area contributed by atoms with Crippen molar-refractivity contribution < 1.29 is 43.8 Å². The molecule has 0 bridgehead atoms. The van der Waals surface area contributed by atoms with Gasteiger partial charge in [0.25, 0.3) is 5.69 Å². The average molecular weight is 876 g/mol. The van der Waals surface area contributed by atoms with Gasteiger partial charge in [0, 0.05) is 66.3 Å². The lowest BCUT2D eigenvalue weighted by Crippen LogP contribution is -2.64. The highest BCUT2D eigenvalue weighted by molar-refractivity contribution is 8.00. The Hall–Kier alpha value is -5.80. The van der Waals surface area contributed by atoms with Crippen LogP contribution in [0.25, 0.3) is 0 Å². The van der Waals surface area contributed by atoms with E-state index in [-0.39, 0.29) is 55.8 Å². The van der Waals surface area contributed by atoms with E-state index in [0.717, 1.165) is 59.3 Å². The van der Waals surface area contributed by atoms with Gasteiger partial charge in [0.1, 0.15) is 30.1 Å². The number of anilines is 1. The standard InChI is InChI=1S/C49H53N3O10S/c1-3-25-59-49-46(63-40-20-15-36(16-21-40)50-32(2)56)29-44(51-60-31-33-13-17-37(18-14-33)52(57)58)42-27-35(10-4-6-23-53)41(12-5-7-24-54)47(48(42)49)43-28-39(19-22-45(43)62-49)61-38-11-8-9-34(26-38)30-55/h3,8-9,11,13-22,26-28,30,35,41,46-48,53-54H,1,4-7,10,12,23-25,29,31H2,2H3,(H,50,56)/t35-,41+,46-,47+,48+,49+/m0/s1. The third kappa shape index (κ3) is 10.5. The van der Waals surface area contributed by atoms with E-state index in [4.69, 9.17) is 24.2 Å². The smallest absolute Gasteiger partial charge is 0.269 e. The van der Waals surface area contributed by atoms with Crippen LogP contribution in [0.3, 0.4) is 0 Å². The minimum atomic E-state index is -1.25. The van der Waals surface area contributed by atoms with Gasteiger partial charge in [-0.1, -0.05) is 42.3 Å². The number of hydrogen-bond donors (Lipinski definition) is 3. The number of nitro groups is 1. The number of fused-ring (bicyclic) bond motifs is 2. The number of carbonyl (C=O) groups excluding carboxylic acids is 2. The van der Waals surface area contributed by atoms with E-state index in [1.807, 2.05) is 42.5 Å². The second-order valence-electron chi connectivity index (χ2n) is 16.1. The van der Waals surface area contributed by atoms with Crippen molar-refractivity contribution in [2.24, 2.45) is 22.9 Å². The number of hydrogen-bond acceptors (Lipinski definition) is 12. The number of aldehydes is 1. The molecule has 14 heteroatoms. The highest BCUT2D eigenvalue weighted by atomic mass is 32.2. The maximum absolute atomic E-state index is 11.9. The number of oxime groups is 1. The number of nitrogens with zero attached hydrogens (tertiary/aromatic N) is 2. The third-order valence-corrected chi connectivity index (χ3v) is 13.2. The van der Waals surface area contributed by atoms with Gasteiger partial charge in [-0.05, 0) is 115 Å². The van der Waals surface area contributed by atoms with Gasteiger partial charge in [0.15, 0.2) is 0 Å². The van der Waals surface area contributed by atoms with Crippen LogP contribution in [0, 0.1) is 27.9 Å². The van der Waals surface area contributed by atoms with Gasteiger partial charge in [-0.25, -0.2) is 0 Å². The van der Waals surface area contributed by atoms with Gasteiger partial charge in [-0.3, -0.25) is 19.7 Å². The number of benzene rings is 4. The predicted molar refractivity (Wildman–Crippen MR) is 241 cm³/mol. The van der Waals surface area contributed by atoms with Crippen LogP contribution in [0.5, 0.6) is 17.2 Å². The van der Waals surface area contributed by atoms with Crippen LogP contribution in [0.1, 0.15) is 79.3 Å². The Balaban J connectivity index is 1.38. The molecular formula is C49H53N3O10S. The number of nitrogens with one attached hydrogen (secondary N) is 1. The number of unbranched alkanes of at least 4 members (excludes halogenated alkanes) is 2. The zero-order valence-electron chi connectivity index (χ0n) is 35.2. The van der Waals surface area contributed by atoms with Gasteiger partial charge in [0.05, 0.1) is 28.4 Å². The Bertz CT molecular complexity index is 2320. The molecule has 330 valence electrons. The Labute approximate surface area is 371 Å². The molecule has 4 aromatic rings. The van der Waals surface area contributed by atoms with E-state index < -0.39 is 21.9 Å². The molecule has 1 fully saturated rings. The molecule has 13 nitrogen and oxygen atoms in total. The number of allylic oxidation sites excluding steroid dienone is 1. The molecule has 1 heterocycles. The van der Waals surface area contributed by atoms with Crippen LogP contribution in [0.2, 0.25) is 0 Å². The number of thioether (sulfide) groups is 1. The molecule has 3 N–H and O–H groups in total. The number of carbonyl (C=O) groups is 2. The lowest BCUT2D eigenvalue weighted by atomic mass is 9.56. The van der Waals surface area contributed by atoms with Crippen molar-refractivity contribution in [2.75, 3.05) is 25.1 Å². The maximum Gasteiger partial charge on any atom is 0.269 e. The van der Waals surface area contributed by atoms with Gasteiger partial charge < -0.3 is 34.6 Å². The van der Waals surface area contributed by atoms with Crippen LogP contribution in [0.4, 0.5) is 11.4 Å². The van der Waals surface area contributed by atoms with Gasteiger partial charge in [-0.15, -0.1) is 18.3 Å². The largest absolute Gasteiger partial charge is 0.460 e. The van der Waals surface area contributed by atoms with Crippen LogP contribution in [-0.2, 0) is 21.0 Å². The molecule has 0 spiro atoms. The lowest BCUT2D eigenvalue weighted by molar-refractivity contribution is -0.384. The molecule has 0 unspecified atom stereocenters. The fourth-order valence-electron chi connectivity index (χ4n) is 9.16. The average Bonchev–Trinajstić information content (AvgIpc) is 3.28. The monoisotopic (exact) mass is 875 g/mol. The first-order valence-corrected chi connectivity index (χ1v) is 22.3. The summed E-state index contributed by atoms with van der Waals surface area (Å²) in [4.78, 5) is 41.4. The second kappa shape index (κ2) is 21.0. The summed E-state index contributed by atoms with van der Waals surface area (Å²) in [6, 6.07) is 26.6. The number of aliphatic hydroxyl groups is 2. The van der Waals surface area contributed by atoms with Crippen LogP contribution >= 0.6 is 11.8 Å². The molecule has 3 aliphatic rings. The molecule has 7 rings (SSSR count). The molecule has 1 amide bonds. The van der Waals surface area contributed by atoms with Gasteiger partial charge in [-0.2, -0.15) is 0 Å². The number of ether oxygens (including phenoxy) is 3. The summed E-state index contributed by atoms with van der Waals surface area (Å²) in [6.45, 7) is 5.92. The van der Waals surface area contributed by atoms with Crippen molar-refractivity contribution in [3.05, 3.63) is 142 Å². The van der Waals surface area contributed by atoms with Crippen molar-refractivity contribution in [3.8, 4) is 17.2 Å². The Morgan fingerprint density at radius 3 is 2.44 bits per heavy atom. The number of rotatable bonds is 21. The second-order valence-corrected chi connectivity index (χ2v) is 17.3. The predicted octanol–water partition coefficient (Wildman–Crippen LogP) is 9.78. The molecule has 4 aromatic carbocycles. The summed E-state index contributed by atoms with van der Waals surface area (Å²) >= 11 is 1.59. The molecule has 63 heavy (non-hydrogen) atoms. The molecule has 0 aromatic heterocycles. The summed E-state index contributed by atoms with van der Waals surface area (Å²) in [5.41, 5.74) is 4.47. The topological polar surface area (TPSA) is 179 Å². The number of aliphatic hydroxyl groups excluding tert-OH is 2. The first kappa shape index (κ1) is 45.2. The van der Waals surface area contributed by atoms with Gasteiger partial charge >= 0.3 is 0 Å². The summed E-state index contributed by atoms with van der Waals surface area (Å²) in [5.74, 6) is -0.196. The Morgan fingerprint density at radius 1 is 1.00 bits per heavy atom. The molecule has 0 radical (unpaired) electrons. The molecule has 0 saturated heterocycles. The molecule has 6 atom stereocenters. The highest BCUT2D eigenvalue weighted by Gasteiger charge is 2.64. The maximum atomic E-state index is 11.9. The van der Waals surface area contributed by atoms with E-state index in [0.29, 0.717) is 47.8 Å². The van der Waals surface area contributed by atoms with E-state index in [1.165, 1.54) is 19.1 Å². The summed E-state index contributed by atoms with van der Waals surface area (Å²) in [7, 11) is 0. The first-order chi connectivity index (χ1) is 30.7. The molecule has 1 saturated carbocycles. The van der Waals surface area contributed by atoms with Crippen LogP contribution < -0.4 is 14.8 Å². The quantitative estimate of drug-likeness (QED) is 0.0239. The van der Waals surface area contributed by atoms with Crippen LogP contribution in [0.15, 0.2) is 125 Å². The zero-order valence-corrected chi connectivity index (χ0v) is 36.0. The Kier molecular flexibility index (Phi) is 15.1. The lowest BCUT2D eigenvalue weighted by Gasteiger charge is -2.58. The Morgan fingerprint density at radius 2 is 1.75 bits per heavy atom. The summed E-state index contributed by atoms with van der Waals surface area (Å²) < 4.78 is 20.8. The van der Waals surface area contributed by atoms with E-state index >= 15 is 0 Å². The first-order valence-electron chi connectivity index (χ1n) is 21.4. The fourth-order valence-corrected chi connectivity index (χ4v) is 10.4. The van der Waals surface area contributed by atoms with Crippen LogP contribution in [-0.4, -0.2) is 63.9 Å². The number of nitro benzene ring substituents is 1. The number of amides is 1. The minimum absolute atomic E-state index is 0.0158. The van der Waals surface area contributed by atoms with E-state index in [2.05, 4.69) is 18.0 Å². The van der Waals surface area contributed by atoms with E-state index in [9.17, 15) is 29.9 Å². The summed E-state index contributed by atoms with van der Waals surface area (Å²) in [5, 5.41) is 38.5. The van der Waals surface area contributed by atoms with Crippen molar-refractivity contribution in [2.45, 2.75) is 80.3 Å². The SMILES string of the molecule is C=CCO[C@@]12Oc3ccc(Oc4cccc(C=O)c4)cc3[C@H]3[C@H](CCCCO)[C@@H](CCCCO)C=C(C(=NOCc4ccc([N+](=O)[O-])cc4)C[C@@H]1Sc1ccc(NC(C)=O)cc1)[C@H]32. The van der Waals surface area contributed by atoms with Crippen molar-refractivity contribution in [1.29, 1.82) is 0 Å². The molecular weight excluding hydrogens is 823 g/mol. The van der Waals surface area contributed by atoms with Crippen molar-refractivity contribution in [3.63, 3.8) is 0 Å². The molecule has 1 aliphatic heterocycles. The van der Waals surface area contributed by atoms with Crippen molar-refractivity contribution >= 4 is 41.0 Å². The molecule has 2 aliphatic carbocycles.